The average Bonchev–Trinajstić information content (AvgIpc) is 2.44. The molecule has 4 heteroatoms. The molecule has 0 spiro atoms. The molecule has 0 saturated carbocycles. The second-order valence-electron chi connectivity index (χ2n) is 5.70. The van der Waals surface area contributed by atoms with E-state index in [1.807, 2.05) is 45.0 Å². The molecule has 0 saturated heterocycles. The molecule has 2 aromatic rings. The maximum absolute atomic E-state index is 12.5. The monoisotopic (exact) mass is 316 g/mol. The number of hydrogen-bond donors (Lipinski definition) is 1. The molecule has 2 aromatic carbocycles. The second kappa shape index (κ2) is 7.04. The van der Waals surface area contributed by atoms with E-state index < -0.39 is 8.03 Å². The molecule has 0 aliphatic rings. The van der Waals surface area contributed by atoms with Crippen LogP contribution < -0.4 is 5.30 Å². The number of ketones is 1. The Hall–Kier alpha value is -1.70. The standard InChI is InChI=1S/C18H21O3P/c1-12-10-13(2)18(14(3)11-12)17(19)9-6-15-4-7-16(8-5-15)22(20)21/h4-5,7-8,10-11,22H,6,9H2,1-3H3,(H,20,21). The highest BCUT2D eigenvalue weighted by Gasteiger charge is 2.13. The van der Waals surface area contributed by atoms with Gasteiger partial charge in [0.1, 0.15) is 0 Å². The first-order valence-corrected chi connectivity index (χ1v) is 8.67. The fraction of sp³-hybridized carbons (Fsp3) is 0.278. The maximum Gasteiger partial charge on any atom is 0.218 e. The highest BCUT2D eigenvalue weighted by Crippen LogP contribution is 2.19. The van der Waals surface area contributed by atoms with Gasteiger partial charge < -0.3 is 4.89 Å². The summed E-state index contributed by atoms with van der Waals surface area (Å²) in [4.78, 5) is 21.5. The SMILES string of the molecule is Cc1cc(C)c(C(=O)CCc2ccc([PH](=O)O)cc2)c(C)c1. The van der Waals surface area contributed by atoms with E-state index in [0.717, 1.165) is 22.3 Å². The molecule has 0 heterocycles. The van der Waals surface area contributed by atoms with Gasteiger partial charge in [-0.3, -0.25) is 9.36 Å². The minimum atomic E-state index is -2.63. The highest BCUT2D eigenvalue weighted by atomic mass is 31.1. The fourth-order valence-electron chi connectivity index (χ4n) is 2.82. The summed E-state index contributed by atoms with van der Waals surface area (Å²) in [6.45, 7) is 5.98. The number of aryl methyl sites for hydroxylation is 4. The number of rotatable bonds is 5. The zero-order valence-electron chi connectivity index (χ0n) is 13.1. The molecule has 22 heavy (non-hydrogen) atoms. The molecule has 3 nitrogen and oxygen atoms in total. The summed E-state index contributed by atoms with van der Waals surface area (Å²) < 4.78 is 11.0. The van der Waals surface area contributed by atoms with Gasteiger partial charge in [-0.2, -0.15) is 0 Å². The van der Waals surface area contributed by atoms with Gasteiger partial charge in [-0.15, -0.1) is 0 Å². The Morgan fingerprint density at radius 3 is 2.09 bits per heavy atom. The van der Waals surface area contributed by atoms with Crippen molar-refractivity contribution in [2.45, 2.75) is 33.6 Å². The molecule has 0 bridgehead atoms. The van der Waals surface area contributed by atoms with E-state index in [0.29, 0.717) is 18.1 Å². The summed E-state index contributed by atoms with van der Waals surface area (Å²) in [6.07, 6.45) is 1.08. The Labute approximate surface area is 131 Å². The summed E-state index contributed by atoms with van der Waals surface area (Å²) >= 11 is 0. The largest absolute Gasteiger partial charge is 0.343 e. The fourth-order valence-corrected chi connectivity index (χ4v) is 3.27. The predicted octanol–water partition coefficient (Wildman–Crippen LogP) is 3.52. The van der Waals surface area contributed by atoms with Crippen LogP contribution in [-0.2, 0) is 11.0 Å². The lowest BCUT2D eigenvalue weighted by Crippen LogP contribution is -2.07. The minimum Gasteiger partial charge on any atom is -0.343 e. The molecule has 116 valence electrons. The van der Waals surface area contributed by atoms with Crippen LogP contribution in [0.5, 0.6) is 0 Å². The first-order chi connectivity index (χ1) is 10.4. The van der Waals surface area contributed by atoms with Crippen molar-refractivity contribution in [3.63, 3.8) is 0 Å². The van der Waals surface area contributed by atoms with Gasteiger partial charge in [0.2, 0.25) is 8.03 Å². The van der Waals surface area contributed by atoms with Crippen molar-refractivity contribution in [2.75, 3.05) is 0 Å². The van der Waals surface area contributed by atoms with Crippen molar-refractivity contribution in [1.29, 1.82) is 0 Å². The Kier molecular flexibility index (Phi) is 5.33. The van der Waals surface area contributed by atoms with Crippen molar-refractivity contribution in [2.24, 2.45) is 0 Å². The third-order valence-corrected chi connectivity index (χ3v) is 4.62. The van der Waals surface area contributed by atoms with Gasteiger partial charge >= 0.3 is 0 Å². The minimum absolute atomic E-state index is 0.148. The van der Waals surface area contributed by atoms with Crippen LogP contribution in [0.25, 0.3) is 0 Å². The highest BCUT2D eigenvalue weighted by molar-refractivity contribution is 7.47. The van der Waals surface area contributed by atoms with Crippen LogP contribution >= 0.6 is 8.03 Å². The molecular formula is C18H21O3P. The van der Waals surface area contributed by atoms with Crippen molar-refractivity contribution in [3.8, 4) is 0 Å². The Bertz CT molecular complexity index is 695. The molecule has 0 radical (unpaired) electrons. The van der Waals surface area contributed by atoms with Crippen LogP contribution in [0.4, 0.5) is 0 Å². The normalized spacial score (nSPS) is 12.2. The molecule has 0 aliphatic heterocycles. The van der Waals surface area contributed by atoms with Crippen LogP contribution in [0.2, 0.25) is 0 Å². The topological polar surface area (TPSA) is 54.4 Å². The zero-order valence-corrected chi connectivity index (χ0v) is 14.1. The quantitative estimate of drug-likeness (QED) is 0.678. The summed E-state index contributed by atoms with van der Waals surface area (Å²) in [5.41, 5.74) is 5.04. The van der Waals surface area contributed by atoms with Crippen LogP contribution in [0.1, 0.15) is 39.0 Å². The van der Waals surface area contributed by atoms with E-state index in [1.54, 1.807) is 12.1 Å². The lowest BCUT2D eigenvalue weighted by atomic mass is 9.94. The summed E-state index contributed by atoms with van der Waals surface area (Å²) in [5.74, 6) is 0.148. The average molecular weight is 316 g/mol. The van der Waals surface area contributed by atoms with Gasteiger partial charge in [0, 0.05) is 17.3 Å². The van der Waals surface area contributed by atoms with Gasteiger partial charge in [0.25, 0.3) is 0 Å². The summed E-state index contributed by atoms with van der Waals surface area (Å²) in [6, 6.07) is 11.0. The third-order valence-electron chi connectivity index (χ3n) is 3.80. The van der Waals surface area contributed by atoms with Gasteiger partial charge in [0.05, 0.1) is 0 Å². The second-order valence-corrected chi connectivity index (χ2v) is 6.89. The molecule has 2 rings (SSSR count). The van der Waals surface area contributed by atoms with Crippen LogP contribution in [0.15, 0.2) is 36.4 Å². The Balaban J connectivity index is 2.08. The maximum atomic E-state index is 12.5. The predicted molar refractivity (Wildman–Crippen MR) is 90.6 cm³/mol. The lowest BCUT2D eigenvalue weighted by molar-refractivity contribution is 0.0981. The van der Waals surface area contributed by atoms with Gasteiger partial charge in [-0.25, -0.2) is 0 Å². The van der Waals surface area contributed by atoms with E-state index in [1.165, 1.54) is 5.56 Å². The van der Waals surface area contributed by atoms with E-state index in [9.17, 15) is 9.36 Å². The molecule has 1 unspecified atom stereocenters. The molecule has 1 atom stereocenters. The first kappa shape index (κ1) is 16.7. The molecule has 0 aromatic heterocycles. The van der Waals surface area contributed by atoms with Gasteiger partial charge in [-0.05, 0) is 56.0 Å². The first-order valence-electron chi connectivity index (χ1n) is 7.32. The van der Waals surface area contributed by atoms with E-state index >= 15 is 0 Å². The van der Waals surface area contributed by atoms with Crippen LogP contribution in [-0.4, -0.2) is 10.7 Å². The van der Waals surface area contributed by atoms with E-state index in [2.05, 4.69) is 0 Å². The van der Waals surface area contributed by atoms with Gasteiger partial charge in [0.15, 0.2) is 5.78 Å². The van der Waals surface area contributed by atoms with Gasteiger partial charge in [-0.1, -0.05) is 29.8 Å². The molecular weight excluding hydrogens is 295 g/mol. The van der Waals surface area contributed by atoms with E-state index in [-0.39, 0.29) is 5.78 Å². The number of carbonyl (C=O) groups excluding carboxylic acids is 1. The molecule has 0 fully saturated rings. The molecule has 0 aliphatic carbocycles. The third kappa shape index (κ3) is 3.94. The smallest absolute Gasteiger partial charge is 0.218 e. The van der Waals surface area contributed by atoms with Crippen LogP contribution in [0.3, 0.4) is 0 Å². The number of hydrogen-bond acceptors (Lipinski definition) is 2. The number of Topliss-reactive ketones (excluding diaryl/α,β-unsaturated/α-hetero) is 1. The van der Waals surface area contributed by atoms with Crippen LogP contribution in [0, 0.1) is 20.8 Å². The van der Waals surface area contributed by atoms with E-state index in [4.69, 9.17) is 4.89 Å². The number of carbonyl (C=O) groups is 1. The number of benzene rings is 2. The van der Waals surface area contributed by atoms with Crippen molar-refractivity contribution >= 4 is 19.1 Å². The lowest BCUT2D eigenvalue weighted by Gasteiger charge is -2.10. The Morgan fingerprint density at radius 1 is 1.05 bits per heavy atom. The Morgan fingerprint density at radius 2 is 1.59 bits per heavy atom. The molecule has 1 N–H and O–H groups in total. The van der Waals surface area contributed by atoms with Crippen molar-refractivity contribution in [1.82, 2.24) is 0 Å². The van der Waals surface area contributed by atoms with Crippen molar-refractivity contribution in [3.05, 3.63) is 64.2 Å². The summed E-state index contributed by atoms with van der Waals surface area (Å²) in [5, 5.41) is 0.449. The molecule has 0 amide bonds. The zero-order chi connectivity index (χ0) is 16.3. The summed E-state index contributed by atoms with van der Waals surface area (Å²) in [7, 11) is -2.63. The van der Waals surface area contributed by atoms with Crippen molar-refractivity contribution < 1.29 is 14.3 Å².